The maximum atomic E-state index is 12.1. The van der Waals surface area contributed by atoms with Crippen LogP contribution < -0.4 is 5.32 Å². The molecule has 0 aromatic heterocycles. The van der Waals surface area contributed by atoms with Crippen molar-refractivity contribution in [3.63, 3.8) is 0 Å². The van der Waals surface area contributed by atoms with E-state index in [2.05, 4.69) is 5.32 Å². The lowest BCUT2D eigenvalue weighted by molar-refractivity contribution is -0.122. The van der Waals surface area contributed by atoms with Crippen molar-refractivity contribution in [2.24, 2.45) is 5.92 Å². The third kappa shape index (κ3) is 3.45. The molecular weight excluding hydrogens is 270 g/mol. The lowest BCUT2D eigenvalue weighted by atomic mass is 9.99. The number of amides is 1. The van der Waals surface area contributed by atoms with Gasteiger partial charge in [-0.1, -0.05) is 11.6 Å². The first-order chi connectivity index (χ1) is 9.08. The first kappa shape index (κ1) is 13.8. The van der Waals surface area contributed by atoms with Crippen LogP contribution >= 0.6 is 11.6 Å². The highest BCUT2D eigenvalue weighted by Crippen LogP contribution is 2.23. The summed E-state index contributed by atoms with van der Waals surface area (Å²) in [6.45, 7) is 1.11. The Morgan fingerprint density at radius 1 is 1.32 bits per heavy atom. The SMILES string of the molecule is O=C(O)c1ccc(Cl)cc1NC(=O)C1CCOCC1. The van der Waals surface area contributed by atoms with Gasteiger partial charge in [0.2, 0.25) is 5.91 Å². The van der Waals surface area contributed by atoms with Crippen LogP contribution in [0.4, 0.5) is 5.69 Å². The van der Waals surface area contributed by atoms with Crippen LogP contribution in [0.1, 0.15) is 23.2 Å². The number of aromatic carboxylic acids is 1. The Morgan fingerprint density at radius 3 is 2.63 bits per heavy atom. The van der Waals surface area contributed by atoms with Crippen molar-refractivity contribution in [3.05, 3.63) is 28.8 Å². The number of nitrogens with one attached hydrogen (secondary N) is 1. The summed E-state index contributed by atoms with van der Waals surface area (Å²) in [5.41, 5.74) is 0.265. The number of benzene rings is 1. The lowest BCUT2D eigenvalue weighted by Crippen LogP contribution is -2.29. The fraction of sp³-hybridized carbons (Fsp3) is 0.385. The molecule has 1 aliphatic rings. The quantitative estimate of drug-likeness (QED) is 0.893. The van der Waals surface area contributed by atoms with Gasteiger partial charge in [-0.25, -0.2) is 4.79 Å². The summed E-state index contributed by atoms with van der Waals surface area (Å²) in [4.78, 5) is 23.1. The van der Waals surface area contributed by atoms with E-state index in [9.17, 15) is 9.59 Å². The van der Waals surface area contributed by atoms with Crippen LogP contribution in [0.25, 0.3) is 0 Å². The Bertz CT molecular complexity index is 497. The minimum Gasteiger partial charge on any atom is -0.478 e. The molecule has 6 heteroatoms. The van der Waals surface area contributed by atoms with Crippen LogP contribution in [0.5, 0.6) is 0 Å². The average Bonchev–Trinajstić information content (AvgIpc) is 2.39. The minimum absolute atomic E-state index is 0.0322. The Kier molecular flexibility index (Phi) is 4.39. The predicted molar refractivity (Wildman–Crippen MR) is 70.6 cm³/mol. The molecular formula is C13H14ClNO4. The first-order valence-electron chi connectivity index (χ1n) is 5.99. The topological polar surface area (TPSA) is 75.6 Å². The Balaban J connectivity index is 2.15. The second kappa shape index (κ2) is 6.04. The van der Waals surface area contributed by atoms with Gasteiger partial charge in [-0.15, -0.1) is 0 Å². The predicted octanol–water partition coefficient (Wildman–Crippen LogP) is 2.40. The van der Waals surface area contributed by atoms with Gasteiger partial charge in [0.05, 0.1) is 11.3 Å². The number of rotatable bonds is 3. The molecule has 0 spiro atoms. The molecule has 0 bridgehead atoms. The van der Waals surface area contributed by atoms with E-state index >= 15 is 0 Å². The molecule has 2 N–H and O–H groups in total. The molecule has 0 radical (unpaired) electrons. The van der Waals surface area contributed by atoms with Crippen LogP contribution in [0.3, 0.4) is 0 Å². The number of hydrogen-bond acceptors (Lipinski definition) is 3. The number of carbonyl (C=O) groups is 2. The maximum absolute atomic E-state index is 12.1. The maximum Gasteiger partial charge on any atom is 0.337 e. The van der Waals surface area contributed by atoms with Gasteiger partial charge in [0.1, 0.15) is 0 Å². The number of anilines is 1. The summed E-state index contributed by atoms with van der Waals surface area (Å²) in [6.07, 6.45) is 1.30. The Labute approximate surface area is 115 Å². The molecule has 0 aliphatic carbocycles. The van der Waals surface area contributed by atoms with Gasteiger partial charge < -0.3 is 15.2 Å². The van der Waals surface area contributed by atoms with E-state index in [1.54, 1.807) is 0 Å². The van der Waals surface area contributed by atoms with Crippen molar-refractivity contribution in [2.75, 3.05) is 18.5 Å². The zero-order valence-corrected chi connectivity index (χ0v) is 10.9. The second-order valence-electron chi connectivity index (χ2n) is 4.37. The van der Waals surface area contributed by atoms with E-state index in [1.807, 2.05) is 0 Å². The molecule has 102 valence electrons. The molecule has 1 heterocycles. The van der Waals surface area contributed by atoms with Gasteiger partial charge in [0, 0.05) is 24.2 Å². The van der Waals surface area contributed by atoms with Gasteiger partial charge in [0.25, 0.3) is 0 Å². The Hall–Kier alpha value is -1.59. The number of halogens is 1. The Morgan fingerprint density at radius 2 is 2.00 bits per heavy atom. The highest BCUT2D eigenvalue weighted by Gasteiger charge is 2.23. The van der Waals surface area contributed by atoms with Gasteiger partial charge in [-0.2, -0.15) is 0 Å². The van der Waals surface area contributed by atoms with Crippen molar-refractivity contribution in [3.8, 4) is 0 Å². The summed E-state index contributed by atoms with van der Waals surface area (Å²) >= 11 is 5.83. The molecule has 1 amide bonds. The number of carboxylic acid groups (broad SMARTS) is 1. The van der Waals surface area contributed by atoms with E-state index in [4.69, 9.17) is 21.4 Å². The third-order valence-corrected chi connectivity index (χ3v) is 3.30. The van der Waals surface area contributed by atoms with E-state index in [-0.39, 0.29) is 23.1 Å². The minimum atomic E-state index is -1.10. The third-order valence-electron chi connectivity index (χ3n) is 3.06. The van der Waals surface area contributed by atoms with E-state index < -0.39 is 5.97 Å². The van der Waals surface area contributed by atoms with Crippen LogP contribution in [0.2, 0.25) is 5.02 Å². The van der Waals surface area contributed by atoms with E-state index in [0.29, 0.717) is 31.1 Å². The van der Waals surface area contributed by atoms with Gasteiger partial charge in [0.15, 0.2) is 0 Å². The summed E-state index contributed by atoms with van der Waals surface area (Å²) in [5.74, 6) is -1.43. The number of ether oxygens (including phenoxy) is 1. The first-order valence-corrected chi connectivity index (χ1v) is 6.37. The van der Waals surface area contributed by atoms with Crippen molar-refractivity contribution in [2.45, 2.75) is 12.8 Å². The van der Waals surface area contributed by atoms with Gasteiger partial charge >= 0.3 is 5.97 Å². The number of hydrogen-bond donors (Lipinski definition) is 2. The zero-order valence-electron chi connectivity index (χ0n) is 10.2. The fourth-order valence-corrected chi connectivity index (χ4v) is 2.17. The van der Waals surface area contributed by atoms with Crippen molar-refractivity contribution < 1.29 is 19.4 Å². The molecule has 1 aliphatic heterocycles. The smallest absolute Gasteiger partial charge is 0.337 e. The molecule has 1 aromatic rings. The standard InChI is InChI=1S/C13H14ClNO4/c14-9-1-2-10(13(17)18)11(7-9)15-12(16)8-3-5-19-6-4-8/h1-2,7-8H,3-6H2,(H,15,16)(H,17,18). The summed E-state index contributed by atoms with van der Waals surface area (Å²) in [7, 11) is 0. The van der Waals surface area contributed by atoms with Crippen LogP contribution in [-0.4, -0.2) is 30.2 Å². The highest BCUT2D eigenvalue weighted by molar-refractivity contribution is 6.31. The summed E-state index contributed by atoms with van der Waals surface area (Å²) in [6, 6.07) is 4.31. The van der Waals surface area contributed by atoms with Crippen molar-refractivity contribution >= 4 is 29.2 Å². The monoisotopic (exact) mass is 283 g/mol. The van der Waals surface area contributed by atoms with Crippen LogP contribution in [0.15, 0.2) is 18.2 Å². The van der Waals surface area contributed by atoms with Crippen molar-refractivity contribution in [1.29, 1.82) is 0 Å². The van der Waals surface area contributed by atoms with E-state index in [1.165, 1.54) is 18.2 Å². The van der Waals surface area contributed by atoms with Crippen LogP contribution in [-0.2, 0) is 9.53 Å². The highest BCUT2D eigenvalue weighted by atomic mass is 35.5. The fourth-order valence-electron chi connectivity index (χ4n) is 2.00. The number of carbonyl (C=O) groups excluding carboxylic acids is 1. The molecule has 1 fully saturated rings. The number of carboxylic acids is 1. The largest absolute Gasteiger partial charge is 0.478 e. The average molecular weight is 284 g/mol. The molecule has 5 nitrogen and oxygen atoms in total. The van der Waals surface area contributed by atoms with Gasteiger partial charge in [-0.05, 0) is 31.0 Å². The molecule has 19 heavy (non-hydrogen) atoms. The lowest BCUT2D eigenvalue weighted by Gasteiger charge is -2.21. The molecule has 1 saturated heterocycles. The molecule has 0 atom stereocenters. The molecule has 0 unspecified atom stereocenters. The molecule has 1 aromatic carbocycles. The molecule has 0 saturated carbocycles. The second-order valence-corrected chi connectivity index (χ2v) is 4.81. The normalized spacial score (nSPS) is 16.1. The van der Waals surface area contributed by atoms with Crippen molar-refractivity contribution in [1.82, 2.24) is 0 Å². The zero-order chi connectivity index (χ0) is 13.8. The summed E-state index contributed by atoms with van der Waals surface area (Å²) in [5, 5.41) is 12.1. The molecule has 2 rings (SSSR count). The van der Waals surface area contributed by atoms with E-state index in [0.717, 1.165) is 0 Å². The van der Waals surface area contributed by atoms with Crippen LogP contribution in [0, 0.1) is 5.92 Å². The van der Waals surface area contributed by atoms with Gasteiger partial charge in [-0.3, -0.25) is 4.79 Å². The summed E-state index contributed by atoms with van der Waals surface area (Å²) < 4.78 is 5.19.